The molecule has 2 rings (SSSR count). The van der Waals surface area contributed by atoms with Gasteiger partial charge in [-0.15, -0.1) is 0 Å². The fourth-order valence-corrected chi connectivity index (χ4v) is 1.42. The van der Waals surface area contributed by atoms with Gasteiger partial charge in [0.05, 0.1) is 17.8 Å². The Morgan fingerprint density at radius 2 is 2.44 bits per heavy atom. The van der Waals surface area contributed by atoms with E-state index in [-0.39, 0.29) is 12.5 Å². The van der Waals surface area contributed by atoms with Crippen LogP contribution in [0.15, 0.2) is 24.4 Å². The lowest BCUT2D eigenvalue weighted by Crippen LogP contribution is -2.30. The molecule has 0 saturated carbocycles. The first kappa shape index (κ1) is 10.6. The van der Waals surface area contributed by atoms with Crippen LogP contribution in [0.4, 0.5) is 0 Å². The number of nitrogens with one attached hydrogen (secondary N) is 2. The minimum atomic E-state index is -0.542. The monoisotopic (exact) mass is 219 g/mol. The van der Waals surface area contributed by atoms with Crippen LogP contribution in [0.2, 0.25) is 0 Å². The van der Waals surface area contributed by atoms with E-state index in [0.29, 0.717) is 5.56 Å². The molecule has 5 heteroatoms. The van der Waals surface area contributed by atoms with Crippen molar-refractivity contribution >= 4 is 16.8 Å². The van der Waals surface area contributed by atoms with Crippen LogP contribution in [-0.2, 0) is 0 Å². The maximum atomic E-state index is 11.7. The number of hydrogen-bond acceptors (Lipinski definition) is 3. The Morgan fingerprint density at radius 1 is 1.62 bits per heavy atom. The zero-order chi connectivity index (χ0) is 11.5. The smallest absolute Gasteiger partial charge is 0.251 e. The summed E-state index contributed by atoms with van der Waals surface area (Å²) in [7, 11) is 0. The molecule has 0 aliphatic heterocycles. The number of aromatic nitrogens is 2. The Bertz CT molecular complexity index is 505. The second-order valence-electron chi connectivity index (χ2n) is 3.73. The molecule has 1 atom stereocenters. The van der Waals surface area contributed by atoms with Crippen LogP contribution in [-0.4, -0.2) is 33.9 Å². The SMILES string of the molecule is C[C@H](O)CNC(=O)c1ccc2cn[nH]c2c1. The summed E-state index contributed by atoms with van der Waals surface area (Å²) in [4.78, 5) is 11.7. The highest BCUT2D eigenvalue weighted by molar-refractivity contribution is 5.97. The molecule has 1 aromatic carbocycles. The van der Waals surface area contributed by atoms with E-state index in [1.807, 2.05) is 6.07 Å². The van der Waals surface area contributed by atoms with Gasteiger partial charge in [0.2, 0.25) is 0 Å². The van der Waals surface area contributed by atoms with E-state index < -0.39 is 6.10 Å². The fraction of sp³-hybridized carbons (Fsp3) is 0.273. The highest BCUT2D eigenvalue weighted by atomic mass is 16.3. The van der Waals surface area contributed by atoms with Crippen LogP contribution in [0.3, 0.4) is 0 Å². The molecule has 0 aliphatic carbocycles. The molecule has 0 spiro atoms. The number of H-pyrrole nitrogens is 1. The molecule has 0 radical (unpaired) electrons. The predicted octanol–water partition coefficient (Wildman–Crippen LogP) is 0.674. The molecule has 3 N–H and O–H groups in total. The Kier molecular flexibility index (Phi) is 2.87. The van der Waals surface area contributed by atoms with Gasteiger partial charge < -0.3 is 10.4 Å². The zero-order valence-corrected chi connectivity index (χ0v) is 8.90. The molecule has 0 aliphatic rings. The normalized spacial score (nSPS) is 12.6. The van der Waals surface area contributed by atoms with Crippen LogP contribution >= 0.6 is 0 Å². The summed E-state index contributed by atoms with van der Waals surface area (Å²) in [5.41, 5.74) is 1.38. The predicted molar refractivity (Wildman–Crippen MR) is 60.1 cm³/mol. The summed E-state index contributed by atoms with van der Waals surface area (Å²) in [6.07, 6.45) is 1.16. The van der Waals surface area contributed by atoms with Crippen LogP contribution in [0.1, 0.15) is 17.3 Å². The lowest BCUT2D eigenvalue weighted by atomic mass is 10.1. The van der Waals surface area contributed by atoms with E-state index in [4.69, 9.17) is 5.11 Å². The van der Waals surface area contributed by atoms with Gasteiger partial charge in [-0.2, -0.15) is 5.10 Å². The van der Waals surface area contributed by atoms with E-state index in [1.165, 1.54) is 0 Å². The number of carbonyl (C=O) groups is 1. The third kappa shape index (κ3) is 2.20. The number of benzene rings is 1. The molecule has 1 heterocycles. The number of aliphatic hydroxyl groups excluding tert-OH is 1. The molecule has 0 unspecified atom stereocenters. The first-order valence-electron chi connectivity index (χ1n) is 5.06. The van der Waals surface area contributed by atoms with E-state index in [2.05, 4.69) is 15.5 Å². The van der Waals surface area contributed by atoms with Crippen molar-refractivity contribution in [2.45, 2.75) is 13.0 Å². The van der Waals surface area contributed by atoms with E-state index >= 15 is 0 Å². The van der Waals surface area contributed by atoms with Gasteiger partial charge in [-0.05, 0) is 19.1 Å². The van der Waals surface area contributed by atoms with E-state index in [0.717, 1.165) is 10.9 Å². The van der Waals surface area contributed by atoms with Crippen molar-refractivity contribution in [1.29, 1.82) is 0 Å². The summed E-state index contributed by atoms with van der Waals surface area (Å²) < 4.78 is 0. The molecular formula is C11H13N3O2. The standard InChI is InChI=1S/C11H13N3O2/c1-7(15)5-12-11(16)8-2-3-9-6-13-14-10(9)4-8/h2-4,6-7,15H,5H2,1H3,(H,12,16)(H,13,14)/t7-/m0/s1. The average Bonchev–Trinajstić information content (AvgIpc) is 2.72. The van der Waals surface area contributed by atoms with Crippen LogP contribution in [0.25, 0.3) is 10.9 Å². The maximum absolute atomic E-state index is 11.7. The van der Waals surface area contributed by atoms with Gasteiger partial charge >= 0.3 is 0 Å². The zero-order valence-electron chi connectivity index (χ0n) is 8.90. The lowest BCUT2D eigenvalue weighted by Gasteiger charge is -2.06. The van der Waals surface area contributed by atoms with Gasteiger partial charge in [0.25, 0.3) is 5.91 Å². The minimum Gasteiger partial charge on any atom is -0.392 e. The van der Waals surface area contributed by atoms with E-state index in [1.54, 1.807) is 25.3 Å². The van der Waals surface area contributed by atoms with Crippen molar-refractivity contribution < 1.29 is 9.90 Å². The van der Waals surface area contributed by atoms with Crippen molar-refractivity contribution in [3.05, 3.63) is 30.0 Å². The van der Waals surface area contributed by atoms with Crippen molar-refractivity contribution in [3.63, 3.8) is 0 Å². The van der Waals surface area contributed by atoms with Gasteiger partial charge in [0, 0.05) is 17.5 Å². The summed E-state index contributed by atoms with van der Waals surface area (Å²) in [6, 6.07) is 5.30. The molecule has 0 fully saturated rings. The number of aliphatic hydroxyl groups is 1. The number of amides is 1. The summed E-state index contributed by atoms with van der Waals surface area (Å²) >= 11 is 0. The highest BCUT2D eigenvalue weighted by Crippen LogP contribution is 2.12. The topological polar surface area (TPSA) is 78.0 Å². The number of carbonyl (C=O) groups excluding carboxylic acids is 1. The van der Waals surface area contributed by atoms with Gasteiger partial charge in [-0.1, -0.05) is 6.07 Å². The second kappa shape index (κ2) is 4.32. The van der Waals surface area contributed by atoms with Gasteiger partial charge in [0.15, 0.2) is 0 Å². The number of hydrogen-bond donors (Lipinski definition) is 3. The third-order valence-electron chi connectivity index (χ3n) is 2.26. The van der Waals surface area contributed by atoms with E-state index in [9.17, 15) is 4.79 Å². The first-order valence-corrected chi connectivity index (χ1v) is 5.06. The maximum Gasteiger partial charge on any atom is 0.251 e. The molecule has 0 bridgehead atoms. The summed E-state index contributed by atoms with van der Waals surface area (Å²) in [6.45, 7) is 1.87. The largest absolute Gasteiger partial charge is 0.392 e. The van der Waals surface area contributed by atoms with Crippen molar-refractivity contribution in [1.82, 2.24) is 15.5 Å². The Hall–Kier alpha value is -1.88. The Balaban J connectivity index is 2.16. The molecule has 0 saturated heterocycles. The quantitative estimate of drug-likeness (QED) is 0.710. The third-order valence-corrected chi connectivity index (χ3v) is 2.26. The second-order valence-corrected chi connectivity index (χ2v) is 3.73. The van der Waals surface area contributed by atoms with Crippen molar-refractivity contribution in [2.75, 3.05) is 6.54 Å². The Labute approximate surface area is 92.5 Å². The average molecular weight is 219 g/mol. The molecule has 84 valence electrons. The summed E-state index contributed by atoms with van der Waals surface area (Å²) in [5.74, 6) is -0.197. The molecule has 1 amide bonds. The fourth-order valence-electron chi connectivity index (χ4n) is 1.42. The van der Waals surface area contributed by atoms with Gasteiger partial charge in [-0.3, -0.25) is 9.89 Å². The molecule has 2 aromatic rings. The van der Waals surface area contributed by atoms with Gasteiger partial charge in [0.1, 0.15) is 0 Å². The lowest BCUT2D eigenvalue weighted by molar-refractivity contribution is 0.0924. The van der Waals surface area contributed by atoms with Gasteiger partial charge in [-0.25, -0.2) is 0 Å². The van der Waals surface area contributed by atoms with Crippen molar-refractivity contribution in [3.8, 4) is 0 Å². The minimum absolute atomic E-state index is 0.197. The first-order chi connectivity index (χ1) is 7.66. The Morgan fingerprint density at radius 3 is 3.19 bits per heavy atom. The number of aromatic amines is 1. The van der Waals surface area contributed by atoms with Crippen LogP contribution in [0, 0.1) is 0 Å². The number of rotatable bonds is 3. The molecular weight excluding hydrogens is 206 g/mol. The highest BCUT2D eigenvalue weighted by Gasteiger charge is 2.07. The summed E-state index contributed by atoms with van der Waals surface area (Å²) in [5, 5.41) is 19.3. The molecule has 5 nitrogen and oxygen atoms in total. The molecule has 1 aromatic heterocycles. The van der Waals surface area contributed by atoms with Crippen molar-refractivity contribution in [2.24, 2.45) is 0 Å². The number of nitrogens with zero attached hydrogens (tertiary/aromatic N) is 1. The van der Waals surface area contributed by atoms with Crippen LogP contribution < -0.4 is 5.32 Å². The van der Waals surface area contributed by atoms with Crippen LogP contribution in [0.5, 0.6) is 0 Å². The molecule has 16 heavy (non-hydrogen) atoms. The number of fused-ring (bicyclic) bond motifs is 1.